The molecule has 0 bridgehead atoms. The van der Waals surface area contributed by atoms with Crippen LogP contribution < -0.4 is 4.43 Å². The van der Waals surface area contributed by atoms with Crippen molar-refractivity contribution < 1.29 is 19.1 Å². The maximum atomic E-state index is 10.5. The minimum atomic E-state index is -1.83. The molecule has 118 valence electrons. The first-order valence-corrected chi connectivity index (χ1v) is 10.1. The second kappa shape index (κ2) is 6.62. The van der Waals surface area contributed by atoms with Crippen molar-refractivity contribution in [3.63, 3.8) is 0 Å². The summed E-state index contributed by atoms with van der Waals surface area (Å²) in [5.41, 5.74) is 0.943. The largest absolute Gasteiger partial charge is 0.544 e. The number of carboxylic acids is 1. The molecule has 1 unspecified atom stereocenters. The van der Waals surface area contributed by atoms with E-state index < -0.39 is 14.3 Å². The molecule has 1 aromatic carbocycles. The molecular weight excluding hydrogens is 284 g/mol. The zero-order valence-corrected chi connectivity index (χ0v) is 14.8. The molecule has 0 spiro atoms. The summed E-state index contributed by atoms with van der Waals surface area (Å²) in [6.45, 7) is 12.6. The van der Waals surface area contributed by atoms with Crippen molar-refractivity contribution in [3.05, 3.63) is 29.8 Å². The normalized spacial score (nSPS) is 13.8. The lowest BCUT2D eigenvalue weighted by Crippen LogP contribution is -2.43. The Morgan fingerprint density at radius 1 is 1.24 bits per heavy atom. The molecule has 4 nitrogen and oxygen atoms in total. The van der Waals surface area contributed by atoms with Gasteiger partial charge in [0.05, 0.1) is 6.10 Å². The van der Waals surface area contributed by atoms with Crippen LogP contribution in [0.3, 0.4) is 0 Å². The van der Waals surface area contributed by atoms with E-state index >= 15 is 0 Å². The van der Waals surface area contributed by atoms with Gasteiger partial charge in [-0.05, 0) is 42.8 Å². The highest BCUT2D eigenvalue weighted by Gasteiger charge is 2.38. The first-order valence-electron chi connectivity index (χ1n) is 7.15. The van der Waals surface area contributed by atoms with Gasteiger partial charge in [-0.2, -0.15) is 0 Å². The second-order valence-electron chi connectivity index (χ2n) is 6.78. The van der Waals surface area contributed by atoms with Gasteiger partial charge in [-0.15, -0.1) is 0 Å². The summed E-state index contributed by atoms with van der Waals surface area (Å²) in [6.07, 6.45) is -0.247. The van der Waals surface area contributed by atoms with E-state index in [9.17, 15) is 4.79 Å². The molecule has 1 N–H and O–H groups in total. The Morgan fingerprint density at radius 3 is 2.19 bits per heavy atom. The predicted octanol–water partition coefficient (Wildman–Crippen LogP) is 4.23. The zero-order valence-electron chi connectivity index (χ0n) is 13.8. The predicted molar refractivity (Wildman–Crippen MR) is 86.3 cm³/mol. The third-order valence-electron chi connectivity index (χ3n) is 3.99. The van der Waals surface area contributed by atoms with Crippen molar-refractivity contribution in [2.45, 2.75) is 51.9 Å². The van der Waals surface area contributed by atoms with Crippen LogP contribution in [0.2, 0.25) is 18.1 Å². The summed E-state index contributed by atoms with van der Waals surface area (Å²) < 4.78 is 11.5. The van der Waals surface area contributed by atoms with Crippen LogP contribution in [0.25, 0.3) is 0 Å². The van der Waals surface area contributed by atoms with Crippen molar-refractivity contribution in [2.75, 3.05) is 6.61 Å². The molecule has 0 radical (unpaired) electrons. The highest BCUT2D eigenvalue weighted by Crippen LogP contribution is 2.37. The number of carboxylic acid groups (broad SMARTS) is 1. The average Bonchev–Trinajstić information content (AvgIpc) is 2.35. The molecule has 0 heterocycles. The van der Waals surface area contributed by atoms with Crippen LogP contribution in [0, 0.1) is 0 Å². The van der Waals surface area contributed by atoms with Crippen LogP contribution in [-0.4, -0.2) is 26.0 Å². The highest BCUT2D eigenvalue weighted by atomic mass is 28.4. The first kappa shape index (κ1) is 17.7. The van der Waals surface area contributed by atoms with Crippen molar-refractivity contribution in [1.82, 2.24) is 0 Å². The second-order valence-corrected chi connectivity index (χ2v) is 11.5. The van der Waals surface area contributed by atoms with Gasteiger partial charge in [0.1, 0.15) is 12.4 Å². The molecule has 0 saturated carbocycles. The molecule has 0 saturated heterocycles. The SMILES string of the molecule is CC(OCC(=O)O)c1ccc(O[Si](C)(C)C(C)(C)C)cc1. The Labute approximate surface area is 128 Å². The fourth-order valence-corrected chi connectivity index (χ4v) is 2.58. The van der Waals surface area contributed by atoms with Gasteiger partial charge in [-0.3, -0.25) is 0 Å². The molecule has 0 aromatic heterocycles. The smallest absolute Gasteiger partial charge is 0.329 e. The summed E-state index contributed by atoms with van der Waals surface area (Å²) in [4.78, 5) is 10.5. The number of rotatable bonds is 6. The van der Waals surface area contributed by atoms with Crippen LogP contribution in [0.15, 0.2) is 24.3 Å². The molecule has 5 heteroatoms. The van der Waals surface area contributed by atoms with Crippen LogP contribution in [0.1, 0.15) is 39.4 Å². The fourth-order valence-electron chi connectivity index (χ4n) is 1.55. The standard InChI is InChI=1S/C16H26O4Si/c1-12(19-11-15(17)18)13-7-9-14(10-8-13)20-21(5,6)16(2,3)4/h7-10,12H,11H2,1-6H3,(H,17,18). The van der Waals surface area contributed by atoms with E-state index in [4.69, 9.17) is 14.3 Å². The maximum Gasteiger partial charge on any atom is 0.329 e. The Bertz CT molecular complexity index is 474. The van der Waals surface area contributed by atoms with E-state index in [1.165, 1.54) is 0 Å². The van der Waals surface area contributed by atoms with E-state index in [-0.39, 0.29) is 17.7 Å². The van der Waals surface area contributed by atoms with Gasteiger partial charge < -0.3 is 14.3 Å². The third-order valence-corrected chi connectivity index (χ3v) is 8.34. The van der Waals surface area contributed by atoms with Crippen molar-refractivity contribution in [2.24, 2.45) is 0 Å². The minimum Gasteiger partial charge on any atom is -0.544 e. The highest BCUT2D eigenvalue weighted by molar-refractivity contribution is 6.74. The molecule has 0 amide bonds. The molecule has 1 atom stereocenters. The van der Waals surface area contributed by atoms with Gasteiger partial charge in [0, 0.05) is 0 Å². The van der Waals surface area contributed by atoms with Crippen LogP contribution >= 0.6 is 0 Å². The van der Waals surface area contributed by atoms with E-state index in [0.717, 1.165) is 11.3 Å². The van der Waals surface area contributed by atoms with E-state index in [2.05, 4.69) is 33.9 Å². The van der Waals surface area contributed by atoms with Gasteiger partial charge in [0.25, 0.3) is 0 Å². The lowest BCUT2D eigenvalue weighted by molar-refractivity contribution is -0.144. The maximum absolute atomic E-state index is 10.5. The molecule has 0 fully saturated rings. The van der Waals surface area contributed by atoms with Gasteiger partial charge >= 0.3 is 5.97 Å². The molecule has 1 aromatic rings. The van der Waals surface area contributed by atoms with Crippen LogP contribution in [0.5, 0.6) is 5.75 Å². The lowest BCUT2D eigenvalue weighted by atomic mass is 10.1. The average molecular weight is 310 g/mol. The quantitative estimate of drug-likeness (QED) is 0.799. The number of aliphatic carboxylic acids is 1. The lowest BCUT2D eigenvalue weighted by Gasteiger charge is -2.36. The number of hydrogen-bond donors (Lipinski definition) is 1. The summed E-state index contributed by atoms with van der Waals surface area (Å²) in [5.74, 6) is -0.101. The van der Waals surface area contributed by atoms with Gasteiger partial charge in [0.2, 0.25) is 8.32 Å². The Hall–Kier alpha value is -1.33. The van der Waals surface area contributed by atoms with Crippen molar-refractivity contribution in [3.8, 4) is 5.75 Å². The Balaban J connectivity index is 2.72. The van der Waals surface area contributed by atoms with Gasteiger partial charge in [0.15, 0.2) is 0 Å². The molecule has 0 aliphatic rings. The summed E-state index contributed by atoms with van der Waals surface area (Å²) >= 11 is 0. The summed E-state index contributed by atoms with van der Waals surface area (Å²) in [7, 11) is -1.83. The summed E-state index contributed by atoms with van der Waals surface area (Å²) in [6, 6.07) is 7.71. The zero-order chi connectivity index (χ0) is 16.3. The van der Waals surface area contributed by atoms with E-state index in [1.807, 2.05) is 31.2 Å². The topological polar surface area (TPSA) is 55.8 Å². The summed E-state index contributed by atoms with van der Waals surface area (Å²) in [5, 5.41) is 8.77. The third kappa shape index (κ3) is 5.17. The number of carbonyl (C=O) groups is 1. The van der Waals surface area contributed by atoms with Crippen LogP contribution in [-0.2, 0) is 9.53 Å². The van der Waals surface area contributed by atoms with Gasteiger partial charge in [-0.1, -0.05) is 32.9 Å². The first-order chi connectivity index (χ1) is 9.53. The van der Waals surface area contributed by atoms with E-state index in [0.29, 0.717) is 0 Å². The molecule has 1 rings (SSSR count). The number of hydrogen-bond acceptors (Lipinski definition) is 3. The molecule has 0 aliphatic carbocycles. The van der Waals surface area contributed by atoms with Crippen LogP contribution in [0.4, 0.5) is 0 Å². The molecular formula is C16H26O4Si. The minimum absolute atomic E-state index is 0.156. The Morgan fingerprint density at radius 2 is 1.76 bits per heavy atom. The number of benzene rings is 1. The fraction of sp³-hybridized carbons (Fsp3) is 0.562. The molecule has 21 heavy (non-hydrogen) atoms. The van der Waals surface area contributed by atoms with Crippen molar-refractivity contribution in [1.29, 1.82) is 0 Å². The molecule has 0 aliphatic heterocycles. The van der Waals surface area contributed by atoms with Gasteiger partial charge in [-0.25, -0.2) is 4.79 Å². The monoisotopic (exact) mass is 310 g/mol. The Kier molecular flexibility index (Phi) is 5.59. The van der Waals surface area contributed by atoms with E-state index in [1.54, 1.807) is 0 Å². The van der Waals surface area contributed by atoms with Crippen molar-refractivity contribution >= 4 is 14.3 Å². The number of ether oxygens (including phenoxy) is 1.